The molecular formula is C33H32F3N3O3S. The summed E-state index contributed by atoms with van der Waals surface area (Å²) in [5, 5.41) is 2.75. The molecule has 4 aromatic rings. The molecule has 1 heterocycles. The first-order valence-corrected chi connectivity index (χ1v) is 15.5. The van der Waals surface area contributed by atoms with Crippen molar-refractivity contribution in [2.75, 3.05) is 23.1 Å². The van der Waals surface area contributed by atoms with E-state index in [1.54, 1.807) is 12.1 Å². The second kappa shape index (κ2) is 13.0. The van der Waals surface area contributed by atoms with E-state index in [0.717, 1.165) is 62.7 Å². The molecule has 2 N–H and O–H groups in total. The summed E-state index contributed by atoms with van der Waals surface area (Å²) in [6.45, 7) is 2.91. The number of nitrogens with one attached hydrogen (secondary N) is 2. The molecule has 1 fully saturated rings. The van der Waals surface area contributed by atoms with Crippen LogP contribution in [0.4, 0.5) is 24.5 Å². The minimum Gasteiger partial charge on any atom is -0.322 e. The maximum absolute atomic E-state index is 13.0. The van der Waals surface area contributed by atoms with Crippen molar-refractivity contribution < 1.29 is 26.4 Å². The monoisotopic (exact) mass is 607 g/mol. The number of piperidine rings is 1. The molecular weight excluding hydrogens is 575 g/mol. The number of benzene rings is 4. The molecule has 10 heteroatoms. The minimum absolute atomic E-state index is 0.156. The second-order valence-corrected chi connectivity index (χ2v) is 12.5. The van der Waals surface area contributed by atoms with Gasteiger partial charge in [-0.05, 0) is 104 Å². The Morgan fingerprint density at radius 3 is 2.12 bits per heavy atom. The molecule has 0 atom stereocenters. The Morgan fingerprint density at radius 2 is 1.47 bits per heavy atom. The van der Waals surface area contributed by atoms with Crippen LogP contribution in [-0.2, 0) is 29.2 Å². The molecule has 0 radical (unpaired) electrons. The number of hydrogen-bond acceptors (Lipinski definition) is 4. The standard InChI is InChI=1S/C33H32F3N3O3S/c34-33(35,36)28-7-4-8-30(22-28)38-43(41,42)31-15-13-29(14-16-31)37-32(40)27-11-9-26(10-12-27)23-39-19-17-25(18-20-39)21-24-5-2-1-3-6-24/h1-16,22,25,38H,17-21,23H2,(H,37,40). The minimum atomic E-state index is -4.60. The number of hydrogen-bond donors (Lipinski definition) is 2. The van der Waals surface area contributed by atoms with E-state index < -0.39 is 21.8 Å². The topological polar surface area (TPSA) is 78.5 Å². The van der Waals surface area contributed by atoms with E-state index in [1.165, 1.54) is 35.9 Å². The highest BCUT2D eigenvalue weighted by molar-refractivity contribution is 7.92. The van der Waals surface area contributed by atoms with Crippen LogP contribution in [0.2, 0.25) is 0 Å². The summed E-state index contributed by atoms with van der Waals surface area (Å²) in [7, 11) is -4.14. The van der Waals surface area contributed by atoms with E-state index in [2.05, 4.69) is 39.2 Å². The Hall–Kier alpha value is -4.15. The molecule has 1 amide bonds. The van der Waals surface area contributed by atoms with Crippen molar-refractivity contribution in [3.8, 4) is 0 Å². The van der Waals surface area contributed by atoms with Gasteiger partial charge in [-0.3, -0.25) is 14.4 Å². The Morgan fingerprint density at radius 1 is 0.791 bits per heavy atom. The van der Waals surface area contributed by atoms with Crippen LogP contribution >= 0.6 is 0 Å². The molecule has 4 aromatic carbocycles. The smallest absolute Gasteiger partial charge is 0.322 e. The largest absolute Gasteiger partial charge is 0.416 e. The number of anilines is 2. The van der Waals surface area contributed by atoms with Crippen LogP contribution in [0.5, 0.6) is 0 Å². The highest BCUT2D eigenvalue weighted by Crippen LogP contribution is 2.31. The van der Waals surface area contributed by atoms with Crippen LogP contribution in [0.3, 0.4) is 0 Å². The third-order valence-corrected chi connectivity index (χ3v) is 8.96. The van der Waals surface area contributed by atoms with Gasteiger partial charge in [0.2, 0.25) is 0 Å². The average molecular weight is 608 g/mol. The SMILES string of the molecule is O=C(Nc1ccc(S(=O)(=O)Nc2cccc(C(F)(F)F)c2)cc1)c1ccc(CN2CCC(Cc3ccccc3)CC2)cc1. The number of amides is 1. The Bertz CT molecular complexity index is 1640. The number of nitrogens with zero attached hydrogens (tertiary/aromatic N) is 1. The first-order chi connectivity index (χ1) is 20.5. The zero-order chi connectivity index (χ0) is 30.5. The molecule has 43 heavy (non-hydrogen) atoms. The summed E-state index contributed by atoms with van der Waals surface area (Å²) in [4.78, 5) is 15.1. The number of carbonyl (C=O) groups excluding carboxylic acids is 1. The normalized spacial score (nSPS) is 14.8. The lowest BCUT2D eigenvalue weighted by molar-refractivity contribution is -0.137. The molecule has 224 valence electrons. The van der Waals surface area contributed by atoms with Crippen LogP contribution < -0.4 is 10.0 Å². The molecule has 1 aliphatic heterocycles. The predicted octanol–water partition coefficient (Wildman–Crippen LogP) is 7.21. The van der Waals surface area contributed by atoms with E-state index in [4.69, 9.17) is 0 Å². The number of likely N-dealkylation sites (tertiary alicyclic amines) is 1. The summed E-state index contributed by atoms with van der Waals surface area (Å²) < 4.78 is 66.5. The molecule has 5 rings (SSSR count). The lowest BCUT2D eigenvalue weighted by atomic mass is 9.90. The number of carbonyl (C=O) groups is 1. The van der Waals surface area contributed by atoms with Gasteiger partial charge < -0.3 is 5.32 Å². The Balaban J connectivity index is 1.12. The number of alkyl halides is 3. The van der Waals surface area contributed by atoms with Crippen molar-refractivity contribution in [1.29, 1.82) is 0 Å². The van der Waals surface area contributed by atoms with Crippen molar-refractivity contribution >= 4 is 27.3 Å². The summed E-state index contributed by atoms with van der Waals surface area (Å²) in [5.74, 6) is 0.358. The first-order valence-electron chi connectivity index (χ1n) is 14.0. The van der Waals surface area contributed by atoms with Gasteiger partial charge >= 0.3 is 6.18 Å². The van der Waals surface area contributed by atoms with Crippen LogP contribution in [-0.4, -0.2) is 32.3 Å². The van der Waals surface area contributed by atoms with Gasteiger partial charge in [-0.15, -0.1) is 0 Å². The van der Waals surface area contributed by atoms with Gasteiger partial charge in [-0.25, -0.2) is 8.42 Å². The molecule has 0 unspecified atom stereocenters. The van der Waals surface area contributed by atoms with Crippen molar-refractivity contribution in [2.45, 2.75) is 36.9 Å². The Labute approximate surface area is 249 Å². The summed E-state index contributed by atoms with van der Waals surface area (Å²) >= 11 is 0. The Kier molecular flexibility index (Phi) is 9.17. The van der Waals surface area contributed by atoms with Crippen LogP contribution in [0.1, 0.15) is 39.9 Å². The highest BCUT2D eigenvalue weighted by Gasteiger charge is 2.30. The van der Waals surface area contributed by atoms with Crippen molar-refractivity contribution in [2.24, 2.45) is 5.92 Å². The van der Waals surface area contributed by atoms with E-state index in [0.29, 0.717) is 17.2 Å². The summed E-state index contributed by atoms with van der Waals surface area (Å²) in [5.41, 5.74) is 2.20. The van der Waals surface area contributed by atoms with Crippen molar-refractivity contribution in [3.63, 3.8) is 0 Å². The predicted molar refractivity (Wildman–Crippen MR) is 161 cm³/mol. The van der Waals surface area contributed by atoms with Gasteiger partial charge in [0.05, 0.1) is 10.5 Å². The van der Waals surface area contributed by atoms with Crippen molar-refractivity contribution in [3.05, 3.63) is 125 Å². The van der Waals surface area contributed by atoms with Crippen LogP contribution in [0, 0.1) is 5.92 Å². The molecule has 1 saturated heterocycles. The number of halogens is 3. The summed E-state index contributed by atoms with van der Waals surface area (Å²) in [6.07, 6.45) is -1.15. The maximum Gasteiger partial charge on any atom is 0.416 e. The molecule has 0 aromatic heterocycles. The lowest BCUT2D eigenvalue weighted by Crippen LogP contribution is -2.33. The van der Waals surface area contributed by atoms with Gasteiger partial charge in [-0.2, -0.15) is 13.2 Å². The zero-order valence-electron chi connectivity index (χ0n) is 23.3. The first kappa shape index (κ1) is 30.3. The van der Waals surface area contributed by atoms with Crippen LogP contribution in [0.25, 0.3) is 0 Å². The lowest BCUT2D eigenvalue weighted by Gasteiger charge is -2.32. The molecule has 0 spiro atoms. The molecule has 0 aliphatic carbocycles. The fourth-order valence-electron chi connectivity index (χ4n) is 5.21. The van der Waals surface area contributed by atoms with Crippen LogP contribution in [0.15, 0.2) is 108 Å². The van der Waals surface area contributed by atoms with Crippen molar-refractivity contribution in [1.82, 2.24) is 4.90 Å². The second-order valence-electron chi connectivity index (χ2n) is 10.8. The fraction of sp³-hybridized carbons (Fsp3) is 0.242. The van der Waals surface area contributed by atoms with E-state index in [9.17, 15) is 26.4 Å². The highest BCUT2D eigenvalue weighted by atomic mass is 32.2. The third-order valence-electron chi connectivity index (χ3n) is 7.56. The molecule has 6 nitrogen and oxygen atoms in total. The third kappa shape index (κ3) is 8.24. The fourth-order valence-corrected chi connectivity index (χ4v) is 6.26. The summed E-state index contributed by atoms with van der Waals surface area (Å²) in [6, 6.07) is 27.4. The molecule has 0 bridgehead atoms. The number of sulfonamides is 1. The van der Waals surface area contributed by atoms with E-state index >= 15 is 0 Å². The molecule has 1 aliphatic rings. The van der Waals surface area contributed by atoms with Gasteiger partial charge in [0.25, 0.3) is 15.9 Å². The molecule has 0 saturated carbocycles. The van der Waals surface area contributed by atoms with Gasteiger partial charge in [-0.1, -0.05) is 48.5 Å². The van der Waals surface area contributed by atoms with Gasteiger partial charge in [0, 0.05) is 23.5 Å². The van der Waals surface area contributed by atoms with Gasteiger partial charge in [0.1, 0.15) is 0 Å². The number of rotatable bonds is 9. The van der Waals surface area contributed by atoms with E-state index in [-0.39, 0.29) is 16.5 Å². The average Bonchev–Trinajstić information content (AvgIpc) is 2.99. The maximum atomic E-state index is 13.0. The quantitative estimate of drug-likeness (QED) is 0.211. The zero-order valence-corrected chi connectivity index (χ0v) is 24.2. The van der Waals surface area contributed by atoms with Gasteiger partial charge in [0.15, 0.2) is 0 Å². The van der Waals surface area contributed by atoms with E-state index in [1.807, 2.05) is 18.2 Å².